The van der Waals surface area contributed by atoms with Gasteiger partial charge in [-0.05, 0) is 44.4 Å². The summed E-state index contributed by atoms with van der Waals surface area (Å²) in [6.45, 7) is 2.82. The van der Waals surface area contributed by atoms with Gasteiger partial charge in [-0.25, -0.2) is 4.79 Å². The van der Waals surface area contributed by atoms with E-state index in [1.807, 2.05) is 6.07 Å². The summed E-state index contributed by atoms with van der Waals surface area (Å²) in [4.78, 5) is 29.2. The fourth-order valence-electron chi connectivity index (χ4n) is 12.2. The Morgan fingerprint density at radius 1 is 1.00 bits per heavy atom. The predicted octanol–water partition coefficient (Wildman–Crippen LogP) is 2.32. The Hall–Kier alpha value is -2.08. The number of esters is 2. The largest absolute Gasteiger partial charge is 0.458 e. The van der Waals surface area contributed by atoms with E-state index in [1.54, 1.807) is 52.7 Å². The van der Waals surface area contributed by atoms with E-state index in [4.69, 9.17) is 28.4 Å². The van der Waals surface area contributed by atoms with Crippen LogP contribution in [0.3, 0.4) is 0 Å². The Morgan fingerprint density at radius 3 is 2.35 bits per heavy atom. The summed E-state index contributed by atoms with van der Waals surface area (Å²) in [6.07, 6.45) is 0.272. The number of nitrogens with zero attached hydrogens (tertiary/aromatic N) is 1. The van der Waals surface area contributed by atoms with Gasteiger partial charge in [0.1, 0.15) is 17.3 Å². The third-order valence-corrected chi connectivity index (χ3v) is 12.7. The normalized spacial score (nSPS) is 49.0. The zero-order valence-corrected chi connectivity index (χ0v) is 26.0. The maximum Gasteiger partial charge on any atom is 0.338 e. The molecule has 10 heteroatoms. The number of carbonyl (C=O) groups excluding carboxylic acids is 2. The van der Waals surface area contributed by atoms with Gasteiger partial charge >= 0.3 is 11.9 Å². The third kappa shape index (κ3) is 3.51. The number of methoxy groups -OCH3 is 4. The smallest absolute Gasteiger partial charge is 0.338 e. The van der Waals surface area contributed by atoms with E-state index in [-0.39, 0.29) is 47.8 Å². The van der Waals surface area contributed by atoms with Crippen molar-refractivity contribution in [1.82, 2.24) is 4.90 Å². The Balaban J connectivity index is 1.48. The second kappa shape index (κ2) is 9.96. The first-order valence-corrected chi connectivity index (χ1v) is 15.5. The minimum absolute atomic E-state index is 0.0201. The number of benzene rings is 1. The van der Waals surface area contributed by atoms with Crippen molar-refractivity contribution >= 4 is 11.9 Å². The van der Waals surface area contributed by atoms with Crippen LogP contribution in [0.5, 0.6) is 0 Å². The molecule has 6 aliphatic rings. The van der Waals surface area contributed by atoms with Crippen LogP contribution in [-0.4, -0.2) is 112 Å². The van der Waals surface area contributed by atoms with Crippen LogP contribution in [-0.2, 0) is 33.2 Å². The summed E-state index contributed by atoms with van der Waals surface area (Å²) in [7, 11) is 9.01. The van der Waals surface area contributed by atoms with E-state index >= 15 is 0 Å². The van der Waals surface area contributed by atoms with Crippen LogP contribution in [0.2, 0.25) is 0 Å². The van der Waals surface area contributed by atoms with Gasteiger partial charge in [0.25, 0.3) is 0 Å². The van der Waals surface area contributed by atoms with Gasteiger partial charge in [0, 0.05) is 83.0 Å². The van der Waals surface area contributed by atoms with Gasteiger partial charge in [0.05, 0.1) is 30.5 Å². The summed E-state index contributed by atoms with van der Waals surface area (Å²) < 4.78 is 38.0. The lowest BCUT2D eigenvalue weighted by atomic mass is 9.43. The number of hydrogen-bond acceptors (Lipinski definition) is 10. The number of piperidine rings is 1. The van der Waals surface area contributed by atoms with Gasteiger partial charge in [-0.3, -0.25) is 4.79 Å². The summed E-state index contributed by atoms with van der Waals surface area (Å²) in [5.74, 6) is -1.87. The van der Waals surface area contributed by atoms with Gasteiger partial charge in [-0.15, -0.1) is 0 Å². The molecule has 13 atom stereocenters. The maximum absolute atomic E-state index is 13.7. The number of aliphatic hydroxyl groups is 1. The molecule has 7 rings (SSSR count). The second-order valence-corrected chi connectivity index (χ2v) is 14.1. The standard InChI is InChI=1S/C33H45NO9/c1-18(35)43-32-15-22(40-5)31(37)14-20(23(32)28(31)42-29(36)19-10-8-7-9-11-19)33-21(39-4)12-13-30(17-38-3)16-34(2)27(33)24(32)25(41-6)26(30)33/h7-11,20-28,37H,12-17H2,1-6H3/t20?,21?,22?,23?,24?,25?,26?,27?,28?,30-,31-,32+,33-/m0/s1. The van der Waals surface area contributed by atoms with Crippen LogP contribution in [0, 0.1) is 34.5 Å². The monoisotopic (exact) mass is 599 g/mol. The predicted molar refractivity (Wildman–Crippen MR) is 153 cm³/mol. The van der Waals surface area contributed by atoms with Crippen molar-refractivity contribution in [1.29, 1.82) is 0 Å². The van der Waals surface area contributed by atoms with Gasteiger partial charge in [0.2, 0.25) is 0 Å². The van der Waals surface area contributed by atoms with Crippen LogP contribution in [0.15, 0.2) is 30.3 Å². The van der Waals surface area contributed by atoms with Crippen molar-refractivity contribution in [2.75, 3.05) is 48.6 Å². The quantitative estimate of drug-likeness (QED) is 0.447. The SMILES string of the molecule is COC[C@@]12CCC(OC)[C@@]34C5C[C@]6(O)C(OC)C[C@@](OC(C)=O)(C5C6OC(=O)c5ccccc5)C(C(OC)C13)C4N(C)C2. The summed E-state index contributed by atoms with van der Waals surface area (Å²) in [6, 6.07) is 8.77. The highest BCUT2D eigenvalue weighted by Gasteiger charge is 2.89. The lowest BCUT2D eigenvalue weighted by molar-refractivity contribution is -0.285. The molecule has 236 valence electrons. The molecule has 6 fully saturated rings. The third-order valence-electron chi connectivity index (χ3n) is 12.7. The molecule has 1 aromatic carbocycles. The minimum Gasteiger partial charge on any atom is -0.458 e. The molecule has 1 spiro atoms. The highest BCUT2D eigenvalue weighted by molar-refractivity contribution is 5.89. The Labute approximate surface area is 253 Å². The molecule has 9 unspecified atom stereocenters. The molecular formula is C33H45NO9. The lowest BCUT2D eigenvalue weighted by Gasteiger charge is -2.69. The fraction of sp³-hybridized carbons (Fsp3) is 0.758. The molecule has 1 heterocycles. The van der Waals surface area contributed by atoms with Crippen molar-refractivity contribution < 1.29 is 43.1 Å². The summed E-state index contributed by atoms with van der Waals surface area (Å²) in [5.41, 5.74) is -2.88. The zero-order chi connectivity index (χ0) is 30.5. The average Bonchev–Trinajstić information content (AvgIpc) is 3.37. The molecule has 1 saturated heterocycles. The Bertz CT molecular complexity index is 1280. The van der Waals surface area contributed by atoms with Crippen LogP contribution in [0.25, 0.3) is 0 Å². The maximum atomic E-state index is 13.7. The average molecular weight is 600 g/mol. The van der Waals surface area contributed by atoms with E-state index in [2.05, 4.69) is 11.9 Å². The van der Waals surface area contributed by atoms with Gasteiger partial charge in [0.15, 0.2) is 0 Å². The van der Waals surface area contributed by atoms with Crippen molar-refractivity contribution in [3.05, 3.63) is 35.9 Å². The van der Waals surface area contributed by atoms with Gasteiger partial charge < -0.3 is 38.4 Å². The molecule has 5 saturated carbocycles. The minimum atomic E-state index is -1.48. The van der Waals surface area contributed by atoms with Gasteiger partial charge in [-0.2, -0.15) is 0 Å². The molecule has 10 nitrogen and oxygen atoms in total. The van der Waals surface area contributed by atoms with Crippen molar-refractivity contribution in [3.8, 4) is 0 Å². The summed E-state index contributed by atoms with van der Waals surface area (Å²) >= 11 is 0. The van der Waals surface area contributed by atoms with Crippen LogP contribution in [0.4, 0.5) is 0 Å². The molecule has 0 aromatic heterocycles. The number of likely N-dealkylation sites (tertiary alicyclic amines) is 1. The zero-order valence-electron chi connectivity index (χ0n) is 26.0. The van der Waals surface area contributed by atoms with E-state index in [1.165, 1.54) is 6.92 Å². The van der Waals surface area contributed by atoms with Crippen molar-refractivity contribution in [2.45, 2.75) is 74.3 Å². The molecule has 43 heavy (non-hydrogen) atoms. The molecule has 7 bridgehead atoms. The molecule has 0 amide bonds. The van der Waals surface area contributed by atoms with E-state index < -0.39 is 46.7 Å². The molecular weight excluding hydrogens is 554 g/mol. The number of ether oxygens (including phenoxy) is 6. The van der Waals surface area contributed by atoms with Crippen LogP contribution >= 0.6 is 0 Å². The lowest BCUT2D eigenvalue weighted by Crippen LogP contribution is -2.77. The molecule has 1 N–H and O–H groups in total. The first-order chi connectivity index (χ1) is 20.6. The Morgan fingerprint density at radius 2 is 1.72 bits per heavy atom. The number of fused-ring (bicyclic) bond motifs is 2. The van der Waals surface area contributed by atoms with Crippen molar-refractivity contribution in [3.63, 3.8) is 0 Å². The first-order valence-electron chi connectivity index (χ1n) is 15.5. The number of rotatable bonds is 8. The molecule has 0 radical (unpaired) electrons. The van der Waals surface area contributed by atoms with Crippen LogP contribution < -0.4 is 0 Å². The fourth-order valence-corrected chi connectivity index (χ4v) is 12.2. The highest BCUT2D eigenvalue weighted by Crippen LogP contribution is 2.80. The molecule has 1 aromatic rings. The second-order valence-electron chi connectivity index (χ2n) is 14.1. The van der Waals surface area contributed by atoms with E-state index in [0.717, 1.165) is 19.4 Å². The summed E-state index contributed by atoms with van der Waals surface area (Å²) in [5, 5.41) is 12.7. The van der Waals surface area contributed by atoms with E-state index in [0.29, 0.717) is 18.6 Å². The van der Waals surface area contributed by atoms with Crippen LogP contribution in [0.1, 0.15) is 43.0 Å². The first kappa shape index (κ1) is 29.6. The topological polar surface area (TPSA) is 113 Å². The van der Waals surface area contributed by atoms with Gasteiger partial charge in [-0.1, -0.05) is 18.2 Å². The molecule has 5 aliphatic carbocycles. The number of hydrogen-bond donors (Lipinski definition) is 1. The Kier molecular flexibility index (Phi) is 6.86. The number of carbonyl (C=O) groups is 2. The highest BCUT2D eigenvalue weighted by atomic mass is 16.6. The van der Waals surface area contributed by atoms with Crippen molar-refractivity contribution in [2.24, 2.45) is 34.5 Å². The van der Waals surface area contributed by atoms with E-state index in [9.17, 15) is 14.7 Å². The molecule has 1 aliphatic heterocycles.